The van der Waals surface area contributed by atoms with E-state index in [2.05, 4.69) is 0 Å². The van der Waals surface area contributed by atoms with Gasteiger partial charge in [-0.15, -0.1) is 0 Å². The third-order valence-electron chi connectivity index (χ3n) is 5.78. The molecule has 0 aromatic heterocycles. The molecule has 0 fully saturated rings. The van der Waals surface area contributed by atoms with Crippen molar-refractivity contribution >= 4 is 36.6 Å². The van der Waals surface area contributed by atoms with Crippen LogP contribution in [0, 0.1) is 5.82 Å². The maximum Gasteiger partial charge on any atom is 0.336 e. The first-order valence-electron chi connectivity index (χ1n) is 9.47. The smallest absolute Gasteiger partial charge is 0.336 e. The molecule has 2 aromatic carbocycles. The molecule has 2 aliphatic rings. The van der Waals surface area contributed by atoms with Crippen LogP contribution in [0.15, 0.2) is 59.1 Å². The Morgan fingerprint density at radius 2 is 1.59 bits per heavy atom. The van der Waals surface area contributed by atoms with Crippen LogP contribution in [0.2, 0.25) is 13.1 Å². The third kappa shape index (κ3) is 2.93. The Morgan fingerprint density at radius 3 is 2.22 bits per heavy atom. The fourth-order valence-corrected chi connectivity index (χ4v) is 7.76. The van der Waals surface area contributed by atoms with Crippen LogP contribution in [-0.2, 0) is 4.79 Å². The molecule has 0 atom stereocenters. The van der Waals surface area contributed by atoms with Gasteiger partial charge in [-0.05, 0) is 56.9 Å². The lowest BCUT2D eigenvalue weighted by Gasteiger charge is -2.38. The number of fused-ring (bicyclic) bond motifs is 2. The number of carboxylic acid groups (broad SMARTS) is 2. The van der Waals surface area contributed by atoms with Gasteiger partial charge in [0.05, 0.1) is 11.1 Å². The highest BCUT2D eigenvalue weighted by molar-refractivity contribution is 6.98. The van der Waals surface area contributed by atoms with Crippen molar-refractivity contribution in [3.63, 3.8) is 0 Å². The zero-order chi connectivity index (χ0) is 23.5. The number of aromatic hydroxyl groups is 1. The molecule has 6 nitrogen and oxygen atoms in total. The van der Waals surface area contributed by atoms with Crippen LogP contribution in [0.5, 0.6) is 5.75 Å². The zero-order valence-electron chi connectivity index (χ0n) is 16.9. The van der Waals surface area contributed by atoms with Gasteiger partial charge in [-0.25, -0.2) is 18.4 Å². The van der Waals surface area contributed by atoms with Crippen LogP contribution in [-0.4, -0.2) is 41.1 Å². The number of allylic oxidation sites excluding steroid dienone is 5. The lowest BCUT2D eigenvalue weighted by Crippen LogP contribution is -2.51. The number of phenolic OH excluding ortho intramolecular Hbond substituents is 1. The molecule has 0 unspecified atom stereocenters. The van der Waals surface area contributed by atoms with E-state index < -0.39 is 43.2 Å². The first-order chi connectivity index (χ1) is 15.0. The quantitative estimate of drug-likeness (QED) is 0.612. The lowest BCUT2D eigenvalue weighted by atomic mass is 9.86. The summed E-state index contributed by atoms with van der Waals surface area (Å²) in [6.07, 6.45) is 2.39. The van der Waals surface area contributed by atoms with E-state index in [1.165, 1.54) is 24.3 Å². The summed E-state index contributed by atoms with van der Waals surface area (Å²) in [5, 5.41) is 29.0. The van der Waals surface area contributed by atoms with Gasteiger partial charge in [0.15, 0.2) is 17.4 Å². The average Bonchev–Trinajstić information content (AvgIpc) is 2.72. The van der Waals surface area contributed by atoms with Crippen molar-refractivity contribution in [1.29, 1.82) is 0 Å². The Morgan fingerprint density at radius 1 is 0.938 bits per heavy atom. The summed E-state index contributed by atoms with van der Waals surface area (Å²) in [5.41, 5.74) is 0.0376. The van der Waals surface area contributed by atoms with Crippen molar-refractivity contribution in [3.05, 3.63) is 87.2 Å². The van der Waals surface area contributed by atoms with E-state index in [0.717, 1.165) is 18.2 Å². The van der Waals surface area contributed by atoms with Crippen molar-refractivity contribution < 1.29 is 38.5 Å². The largest absolute Gasteiger partial charge is 0.505 e. The predicted molar refractivity (Wildman–Crippen MR) is 114 cm³/mol. The maximum atomic E-state index is 15.2. The number of carboxylic acids is 2. The number of phenols is 1. The van der Waals surface area contributed by atoms with Crippen molar-refractivity contribution in [2.45, 2.75) is 13.1 Å². The van der Waals surface area contributed by atoms with E-state index in [-0.39, 0.29) is 43.8 Å². The SMILES string of the molecule is C[Si]1(C)C2=C(F)C(=O)C=CC2=C(c2ccc(C(=O)O)cc2C(=O)O)c2ccc(O)c(F)c21. The minimum absolute atomic E-state index is 0.00403. The number of benzene rings is 2. The van der Waals surface area contributed by atoms with Crippen molar-refractivity contribution in [1.82, 2.24) is 0 Å². The van der Waals surface area contributed by atoms with Crippen molar-refractivity contribution in [2.75, 3.05) is 0 Å². The molecular formula is C23H16F2O6Si. The summed E-state index contributed by atoms with van der Waals surface area (Å²) >= 11 is 0. The monoisotopic (exact) mass is 454 g/mol. The number of rotatable bonds is 3. The summed E-state index contributed by atoms with van der Waals surface area (Å²) < 4.78 is 30.4. The molecule has 1 aliphatic carbocycles. The topological polar surface area (TPSA) is 112 Å². The summed E-state index contributed by atoms with van der Waals surface area (Å²) in [6.45, 7) is 3.27. The molecule has 9 heteroatoms. The highest BCUT2D eigenvalue weighted by atomic mass is 28.3. The van der Waals surface area contributed by atoms with Gasteiger partial charge < -0.3 is 15.3 Å². The summed E-state index contributed by atoms with van der Waals surface area (Å²) in [5.74, 6) is -6.31. The van der Waals surface area contributed by atoms with Gasteiger partial charge in [-0.3, -0.25) is 4.79 Å². The first-order valence-corrected chi connectivity index (χ1v) is 12.5. The van der Waals surface area contributed by atoms with Crippen molar-refractivity contribution in [2.24, 2.45) is 0 Å². The van der Waals surface area contributed by atoms with Crippen LogP contribution >= 0.6 is 0 Å². The van der Waals surface area contributed by atoms with Gasteiger partial charge >= 0.3 is 11.9 Å². The Hall–Kier alpha value is -3.85. The number of carbonyl (C=O) groups is 3. The number of hydrogen-bond donors (Lipinski definition) is 3. The van der Waals surface area contributed by atoms with Gasteiger partial charge in [0.1, 0.15) is 8.07 Å². The highest BCUT2D eigenvalue weighted by Crippen LogP contribution is 2.45. The Bertz CT molecular complexity index is 1350. The van der Waals surface area contributed by atoms with Gasteiger partial charge in [0.2, 0.25) is 5.78 Å². The highest BCUT2D eigenvalue weighted by Gasteiger charge is 2.45. The third-order valence-corrected chi connectivity index (χ3v) is 9.26. The standard InChI is InChI=1S/C23H16F2O6Si/c1-32(2)20-12(5-7-15(26)18(20)24)17(13-6-8-16(27)19(25)21(13)32)11-4-3-10(22(28)29)9-14(11)23(30)31/h3-9,26H,1-2H3,(H,28,29)(H,30,31). The second-order valence-electron chi connectivity index (χ2n) is 7.99. The van der Waals surface area contributed by atoms with Gasteiger partial charge in [-0.2, -0.15) is 0 Å². The molecule has 0 bridgehead atoms. The van der Waals surface area contributed by atoms with Crippen LogP contribution in [0.25, 0.3) is 5.57 Å². The van der Waals surface area contributed by atoms with E-state index >= 15 is 8.78 Å². The van der Waals surface area contributed by atoms with Gasteiger partial charge in [0, 0.05) is 0 Å². The second kappa shape index (κ2) is 7.09. The zero-order valence-corrected chi connectivity index (χ0v) is 17.9. The number of ketones is 1. The molecule has 1 heterocycles. The van der Waals surface area contributed by atoms with E-state index in [0.29, 0.717) is 0 Å². The van der Waals surface area contributed by atoms with Crippen LogP contribution in [0.4, 0.5) is 8.78 Å². The van der Waals surface area contributed by atoms with Gasteiger partial charge in [-0.1, -0.05) is 31.3 Å². The molecule has 3 N–H and O–H groups in total. The molecular weight excluding hydrogens is 438 g/mol. The summed E-state index contributed by atoms with van der Waals surface area (Å²) in [7, 11) is -3.20. The number of aromatic carboxylic acids is 2. The molecule has 32 heavy (non-hydrogen) atoms. The Labute approximate surface area is 181 Å². The van der Waals surface area contributed by atoms with E-state index in [9.17, 15) is 29.7 Å². The molecule has 0 amide bonds. The maximum absolute atomic E-state index is 15.2. The van der Waals surface area contributed by atoms with Crippen LogP contribution < -0.4 is 5.19 Å². The molecule has 0 radical (unpaired) electrons. The minimum Gasteiger partial charge on any atom is -0.505 e. The molecule has 4 rings (SSSR count). The van der Waals surface area contributed by atoms with Crippen LogP contribution in [0.3, 0.4) is 0 Å². The Kier molecular flexibility index (Phi) is 4.74. The molecule has 0 saturated carbocycles. The molecule has 0 spiro atoms. The Balaban J connectivity index is 2.20. The first kappa shape index (κ1) is 21.4. The summed E-state index contributed by atoms with van der Waals surface area (Å²) in [6, 6.07) is 5.97. The lowest BCUT2D eigenvalue weighted by molar-refractivity contribution is -0.112. The fourth-order valence-electron chi connectivity index (χ4n) is 4.39. The van der Waals surface area contributed by atoms with Gasteiger partial charge in [0.25, 0.3) is 0 Å². The fraction of sp³-hybridized carbons (Fsp3) is 0.0870. The predicted octanol–water partition coefficient (Wildman–Crippen LogP) is 3.56. The number of hydrogen-bond acceptors (Lipinski definition) is 4. The molecule has 0 saturated heterocycles. The van der Waals surface area contributed by atoms with Crippen molar-refractivity contribution in [3.8, 4) is 5.75 Å². The minimum atomic E-state index is -3.20. The number of carbonyl (C=O) groups excluding carboxylic acids is 1. The molecule has 2 aromatic rings. The van der Waals surface area contributed by atoms with Crippen LogP contribution in [0.1, 0.15) is 31.8 Å². The molecule has 162 valence electrons. The van der Waals surface area contributed by atoms with E-state index in [4.69, 9.17) is 0 Å². The summed E-state index contributed by atoms with van der Waals surface area (Å²) in [4.78, 5) is 35.5. The second-order valence-corrected chi connectivity index (χ2v) is 12.2. The van der Waals surface area contributed by atoms with E-state index in [1.54, 1.807) is 13.1 Å². The number of halogens is 2. The molecule has 1 aliphatic heterocycles. The average molecular weight is 454 g/mol. The normalized spacial score (nSPS) is 16.7. The van der Waals surface area contributed by atoms with E-state index in [1.807, 2.05) is 0 Å².